The number of nitrogens with zero attached hydrogens (tertiary/aromatic N) is 2. The second-order valence-corrected chi connectivity index (χ2v) is 6.35. The third kappa shape index (κ3) is 5.15. The predicted octanol–water partition coefficient (Wildman–Crippen LogP) is 2.32. The summed E-state index contributed by atoms with van der Waals surface area (Å²) in [6.07, 6.45) is 6.56. The highest BCUT2D eigenvalue weighted by Gasteiger charge is 2.24. The van der Waals surface area contributed by atoms with E-state index in [1.807, 2.05) is 17.8 Å². The Morgan fingerprint density at radius 1 is 1.42 bits per heavy atom. The average Bonchev–Trinajstić information content (AvgIpc) is 2.69. The zero-order chi connectivity index (χ0) is 14.5. The maximum atomic E-state index is 12.0. The van der Waals surface area contributed by atoms with Crippen molar-refractivity contribution in [2.75, 3.05) is 6.54 Å². The molecule has 0 bridgehead atoms. The molecule has 0 spiro atoms. The van der Waals surface area contributed by atoms with Gasteiger partial charge < -0.3 is 10.3 Å². The molecule has 0 radical (unpaired) electrons. The molecular weight excluding hydrogens is 238 g/mol. The van der Waals surface area contributed by atoms with Crippen LogP contribution in [0.5, 0.6) is 0 Å². The second-order valence-electron chi connectivity index (χ2n) is 6.35. The summed E-state index contributed by atoms with van der Waals surface area (Å²) in [5.41, 5.74) is 5.87. The monoisotopic (exact) mass is 265 g/mol. The van der Waals surface area contributed by atoms with Gasteiger partial charge in [0.25, 0.3) is 0 Å². The first-order valence-corrected chi connectivity index (χ1v) is 7.02. The van der Waals surface area contributed by atoms with Crippen LogP contribution in [0.2, 0.25) is 0 Å². The average molecular weight is 265 g/mol. The van der Waals surface area contributed by atoms with E-state index in [1.165, 1.54) is 0 Å². The SMILES string of the molecule is Cn1ccnc1CC(=O)CCC(CCN)C(C)(C)C. The van der Waals surface area contributed by atoms with Crippen LogP contribution in [-0.2, 0) is 18.3 Å². The third-order valence-electron chi connectivity index (χ3n) is 3.79. The summed E-state index contributed by atoms with van der Waals surface area (Å²) >= 11 is 0. The van der Waals surface area contributed by atoms with E-state index in [2.05, 4.69) is 25.8 Å². The number of aromatic nitrogens is 2. The predicted molar refractivity (Wildman–Crippen MR) is 77.8 cm³/mol. The Morgan fingerprint density at radius 2 is 2.11 bits per heavy atom. The van der Waals surface area contributed by atoms with Crippen molar-refractivity contribution in [3.05, 3.63) is 18.2 Å². The highest BCUT2D eigenvalue weighted by atomic mass is 16.1. The first kappa shape index (κ1) is 15.9. The molecule has 108 valence electrons. The Kier molecular flexibility index (Phi) is 5.73. The van der Waals surface area contributed by atoms with Crippen LogP contribution in [0.3, 0.4) is 0 Å². The summed E-state index contributed by atoms with van der Waals surface area (Å²) in [5, 5.41) is 0. The Bertz CT molecular complexity index is 404. The molecule has 4 heteroatoms. The second kappa shape index (κ2) is 6.85. The van der Waals surface area contributed by atoms with E-state index in [0.717, 1.165) is 18.7 Å². The largest absolute Gasteiger partial charge is 0.338 e. The fourth-order valence-corrected chi connectivity index (χ4v) is 2.38. The maximum Gasteiger partial charge on any atom is 0.140 e. The third-order valence-corrected chi connectivity index (χ3v) is 3.79. The zero-order valence-electron chi connectivity index (χ0n) is 12.6. The normalized spacial score (nSPS) is 13.5. The Morgan fingerprint density at radius 3 is 2.58 bits per heavy atom. The number of hydrogen-bond acceptors (Lipinski definition) is 3. The van der Waals surface area contributed by atoms with Crippen molar-refractivity contribution in [2.45, 2.75) is 46.5 Å². The molecule has 0 amide bonds. The molecule has 4 nitrogen and oxygen atoms in total. The fourth-order valence-electron chi connectivity index (χ4n) is 2.38. The molecule has 0 aliphatic heterocycles. The fraction of sp³-hybridized carbons (Fsp3) is 0.733. The van der Waals surface area contributed by atoms with Gasteiger partial charge in [0.05, 0.1) is 6.42 Å². The number of hydrogen-bond donors (Lipinski definition) is 1. The van der Waals surface area contributed by atoms with Crippen LogP contribution in [0.1, 0.15) is 45.9 Å². The molecule has 2 N–H and O–H groups in total. The number of ketones is 1. The zero-order valence-corrected chi connectivity index (χ0v) is 12.6. The lowest BCUT2D eigenvalue weighted by Gasteiger charge is -2.30. The quantitative estimate of drug-likeness (QED) is 0.823. The molecular formula is C15H27N3O. The first-order chi connectivity index (χ1) is 8.84. The van der Waals surface area contributed by atoms with Crippen LogP contribution in [0.15, 0.2) is 12.4 Å². The molecule has 1 atom stereocenters. The van der Waals surface area contributed by atoms with E-state index in [1.54, 1.807) is 6.20 Å². The number of nitrogens with two attached hydrogens (primary N) is 1. The van der Waals surface area contributed by atoms with Crippen LogP contribution >= 0.6 is 0 Å². The van der Waals surface area contributed by atoms with Crippen molar-refractivity contribution in [1.82, 2.24) is 9.55 Å². The van der Waals surface area contributed by atoms with E-state index in [-0.39, 0.29) is 11.2 Å². The van der Waals surface area contributed by atoms with Gasteiger partial charge in [0.15, 0.2) is 0 Å². The van der Waals surface area contributed by atoms with E-state index in [9.17, 15) is 4.79 Å². The number of carbonyl (C=O) groups is 1. The minimum Gasteiger partial charge on any atom is -0.338 e. The highest BCUT2D eigenvalue weighted by molar-refractivity contribution is 5.80. The number of aryl methyl sites for hydroxylation is 1. The molecule has 0 aliphatic carbocycles. The summed E-state index contributed by atoms with van der Waals surface area (Å²) in [7, 11) is 1.92. The summed E-state index contributed by atoms with van der Waals surface area (Å²) in [5.74, 6) is 1.61. The van der Waals surface area contributed by atoms with E-state index in [0.29, 0.717) is 25.3 Å². The van der Waals surface area contributed by atoms with Crippen molar-refractivity contribution < 1.29 is 4.79 Å². The van der Waals surface area contributed by atoms with Crippen molar-refractivity contribution in [3.8, 4) is 0 Å². The molecule has 0 aromatic carbocycles. The lowest BCUT2D eigenvalue weighted by Crippen LogP contribution is -2.24. The van der Waals surface area contributed by atoms with Crippen molar-refractivity contribution >= 4 is 5.78 Å². The van der Waals surface area contributed by atoms with Crippen LogP contribution < -0.4 is 5.73 Å². The first-order valence-electron chi connectivity index (χ1n) is 7.02. The smallest absolute Gasteiger partial charge is 0.140 e. The molecule has 1 aromatic rings. The van der Waals surface area contributed by atoms with E-state index in [4.69, 9.17) is 5.73 Å². The van der Waals surface area contributed by atoms with Gasteiger partial charge in [-0.1, -0.05) is 20.8 Å². The van der Waals surface area contributed by atoms with Crippen LogP contribution in [0.25, 0.3) is 0 Å². The van der Waals surface area contributed by atoms with Gasteiger partial charge in [0, 0.05) is 25.9 Å². The lowest BCUT2D eigenvalue weighted by atomic mass is 9.76. The van der Waals surface area contributed by atoms with Gasteiger partial charge in [-0.3, -0.25) is 4.79 Å². The summed E-state index contributed by atoms with van der Waals surface area (Å²) in [6, 6.07) is 0. The number of rotatable bonds is 7. The van der Waals surface area contributed by atoms with Gasteiger partial charge in [-0.15, -0.1) is 0 Å². The van der Waals surface area contributed by atoms with E-state index < -0.39 is 0 Å². The highest BCUT2D eigenvalue weighted by Crippen LogP contribution is 2.32. The van der Waals surface area contributed by atoms with Gasteiger partial charge in [-0.25, -0.2) is 4.98 Å². The molecule has 1 aromatic heterocycles. The summed E-state index contributed by atoms with van der Waals surface area (Å²) < 4.78 is 1.90. The molecule has 0 fully saturated rings. The minimum absolute atomic E-state index is 0.211. The molecule has 1 heterocycles. The van der Waals surface area contributed by atoms with Gasteiger partial charge in [0.1, 0.15) is 11.6 Å². The molecule has 1 unspecified atom stereocenters. The molecule has 19 heavy (non-hydrogen) atoms. The molecule has 0 saturated carbocycles. The summed E-state index contributed by atoms with van der Waals surface area (Å²) in [6.45, 7) is 7.35. The Balaban J connectivity index is 2.46. The van der Waals surface area contributed by atoms with Gasteiger partial charge >= 0.3 is 0 Å². The molecule has 1 rings (SSSR count). The number of Topliss-reactive ketones (excluding diaryl/α,β-unsaturated/α-hetero) is 1. The Hall–Kier alpha value is -1.16. The Labute approximate surface area is 116 Å². The summed E-state index contributed by atoms with van der Waals surface area (Å²) in [4.78, 5) is 16.2. The van der Waals surface area contributed by atoms with Gasteiger partial charge in [0.2, 0.25) is 0 Å². The lowest BCUT2D eigenvalue weighted by molar-refractivity contribution is -0.119. The van der Waals surface area contributed by atoms with Crippen molar-refractivity contribution in [3.63, 3.8) is 0 Å². The minimum atomic E-state index is 0.211. The molecule has 0 aliphatic rings. The maximum absolute atomic E-state index is 12.0. The van der Waals surface area contributed by atoms with Crippen LogP contribution in [0.4, 0.5) is 0 Å². The van der Waals surface area contributed by atoms with Crippen molar-refractivity contribution in [2.24, 2.45) is 24.1 Å². The number of imidazole rings is 1. The molecule has 0 saturated heterocycles. The van der Waals surface area contributed by atoms with Crippen molar-refractivity contribution in [1.29, 1.82) is 0 Å². The van der Waals surface area contributed by atoms with Crippen LogP contribution in [-0.4, -0.2) is 21.9 Å². The number of carbonyl (C=O) groups excluding carboxylic acids is 1. The van der Waals surface area contributed by atoms with Gasteiger partial charge in [-0.2, -0.15) is 0 Å². The van der Waals surface area contributed by atoms with Crippen LogP contribution in [0, 0.1) is 11.3 Å². The topological polar surface area (TPSA) is 60.9 Å². The standard InChI is InChI=1S/C15H27N3O/c1-15(2,3)12(7-8-16)5-6-13(19)11-14-17-9-10-18(14)4/h9-10,12H,5-8,11,16H2,1-4H3. The van der Waals surface area contributed by atoms with Gasteiger partial charge in [-0.05, 0) is 30.7 Å². The van der Waals surface area contributed by atoms with E-state index >= 15 is 0 Å².